The van der Waals surface area contributed by atoms with Crippen molar-refractivity contribution in [2.24, 2.45) is 5.92 Å². The van der Waals surface area contributed by atoms with Crippen molar-refractivity contribution in [3.05, 3.63) is 29.8 Å². The minimum atomic E-state index is 0.0529. The molecule has 1 amide bonds. The molecule has 0 unspecified atom stereocenters. The van der Waals surface area contributed by atoms with E-state index < -0.39 is 0 Å². The first-order valence-electron chi connectivity index (χ1n) is 7.69. The number of anilines is 1. The number of Topliss-reactive ketones (excluding diaryl/α,β-unsaturated/α-hetero) is 1. The lowest BCUT2D eigenvalue weighted by Crippen LogP contribution is -2.38. The fourth-order valence-electron chi connectivity index (χ4n) is 2.58. The summed E-state index contributed by atoms with van der Waals surface area (Å²) in [6, 6.07) is 7.40. The maximum absolute atomic E-state index is 12.1. The SMILES string of the molecule is CC(=O)c1cccc(NCCC(=O)N2CCC(C)CC2)c1. The maximum atomic E-state index is 12.1. The zero-order valence-electron chi connectivity index (χ0n) is 12.9. The van der Waals surface area contributed by atoms with Gasteiger partial charge in [0.05, 0.1) is 0 Å². The Morgan fingerprint density at radius 2 is 2.00 bits per heavy atom. The molecule has 1 aliphatic rings. The quantitative estimate of drug-likeness (QED) is 0.847. The van der Waals surface area contributed by atoms with Crippen molar-refractivity contribution >= 4 is 17.4 Å². The molecule has 1 saturated heterocycles. The van der Waals surface area contributed by atoms with E-state index in [1.807, 2.05) is 23.1 Å². The molecule has 0 saturated carbocycles. The van der Waals surface area contributed by atoms with Gasteiger partial charge >= 0.3 is 0 Å². The third-order valence-electron chi connectivity index (χ3n) is 4.07. The Bertz CT molecular complexity index is 505. The molecule has 4 heteroatoms. The molecule has 1 aliphatic heterocycles. The van der Waals surface area contributed by atoms with Gasteiger partial charge in [0.15, 0.2) is 5.78 Å². The molecule has 0 atom stereocenters. The van der Waals surface area contributed by atoms with Crippen molar-refractivity contribution in [2.75, 3.05) is 25.0 Å². The van der Waals surface area contributed by atoms with Crippen LogP contribution in [0.25, 0.3) is 0 Å². The zero-order valence-corrected chi connectivity index (χ0v) is 12.9. The molecule has 0 spiro atoms. The fraction of sp³-hybridized carbons (Fsp3) is 0.529. The molecule has 0 bridgehead atoms. The normalized spacial score (nSPS) is 15.8. The second-order valence-corrected chi connectivity index (χ2v) is 5.88. The summed E-state index contributed by atoms with van der Waals surface area (Å²) in [4.78, 5) is 25.4. The van der Waals surface area contributed by atoms with Gasteiger partial charge in [0, 0.05) is 37.3 Å². The predicted octanol–water partition coefficient (Wildman–Crippen LogP) is 2.95. The number of ketones is 1. The highest BCUT2D eigenvalue weighted by Gasteiger charge is 2.19. The molecule has 0 aromatic heterocycles. The van der Waals surface area contributed by atoms with Gasteiger partial charge in [0.25, 0.3) is 0 Å². The average molecular weight is 288 g/mol. The van der Waals surface area contributed by atoms with Crippen molar-refractivity contribution in [3.8, 4) is 0 Å². The van der Waals surface area contributed by atoms with Crippen LogP contribution in [-0.4, -0.2) is 36.2 Å². The Morgan fingerprint density at radius 1 is 1.29 bits per heavy atom. The number of hydrogen-bond donors (Lipinski definition) is 1. The van der Waals surface area contributed by atoms with E-state index in [1.54, 1.807) is 13.0 Å². The molecular weight excluding hydrogens is 264 g/mol. The van der Waals surface area contributed by atoms with E-state index in [2.05, 4.69) is 12.2 Å². The fourth-order valence-corrected chi connectivity index (χ4v) is 2.58. The first-order valence-corrected chi connectivity index (χ1v) is 7.69. The van der Waals surface area contributed by atoms with Gasteiger partial charge in [0.2, 0.25) is 5.91 Å². The number of benzene rings is 1. The number of carbonyl (C=O) groups is 2. The van der Waals surface area contributed by atoms with Crippen molar-refractivity contribution in [1.82, 2.24) is 4.90 Å². The minimum absolute atomic E-state index is 0.0529. The van der Waals surface area contributed by atoms with Crippen LogP contribution >= 0.6 is 0 Å². The Labute approximate surface area is 126 Å². The van der Waals surface area contributed by atoms with E-state index >= 15 is 0 Å². The number of carbonyl (C=O) groups excluding carboxylic acids is 2. The zero-order chi connectivity index (χ0) is 15.2. The molecule has 0 radical (unpaired) electrons. The molecule has 1 heterocycles. The summed E-state index contributed by atoms with van der Waals surface area (Å²) in [6.45, 7) is 6.18. The van der Waals surface area contributed by atoms with Crippen LogP contribution in [0.4, 0.5) is 5.69 Å². The highest BCUT2D eigenvalue weighted by atomic mass is 16.2. The van der Waals surface area contributed by atoms with Crippen LogP contribution < -0.4 is 5.32 Å². The minimum Gasteiger partial charge on any atom is -0.385 e. The lowest BCUT2D eigenvalue weighted by atomic mass is 9.99. The summed E-state index contributed by atoms with van der Waals surface area (Å²) in [7, 11) is 0. The van der Waals surface area contributed by atoms with Gasteiger partial charge in [-0.15, -0.1) is 0 Å². The monoisotopic (exact) mass is 288 g/mol. The smallest absolute Gasteiger partial charge is 0.224 e. The Kier molecular flexibility index (Phi) is 5.37. The number of nitrogens with zero attached hydrogens (tertiary/aromatic N) is 1. The maximum Gasteiger partial charge on any atom is 0.224 e. The van der Waals surface area contributed by atoms with Gasteiger partial charge < -0.3 is 10.2 Å². The number of hydrogen-bond acceptors (Lipinski definition) is 3. The average Bonchev–Trinajstić information content (AvgIpc) is 2.48. The summed E-state index contributed by atoms with van der Waals surface area (Å²) in [5, 5.41) is 3.22. The van der Waals surface area contributed by atoms with Gasteiger partial charge in [-0.05, 0) is 37.8 Å². The molecule has 1 fully saturated rings. The summed E-state index contributed by atoms with van der Waals surface area (Å²) in [6.07, 6.45) is 2.72. The van der Waals surface area contributed by atoms with Crippen LogP contribution in [0.2, 0.25) is 0 Å². The molecular formula is C17H24N2O2. The molecule has 1 aromatic rings. The van der Waals surface area contributed by atoms with E-state index in [0.29, 0.717) is 18.5 Å². The van der Waals surface area contributed by atoms with E-state index in [1.165, 1.54) is 0 Å². The van der Waals surface area contributed by atoms with Gasteiger partial charge in [-0.25, -0.2) is 0 Å². The van der Waals surface area contributed by atoms with Crippen LogP contribution in [0.3, 0.4) is 0 Å². The Hall–Kier alpha value is -1.84. The Morgan fingerprint density at radius 3 is 2.67 bits per heavy atom. The van der Waals surface area contributed by atoms with Crippen LogP contribution in [0.1, 0.15) is 43.5 Å². The number of nitrogens with one attached hydrogen (secondary N) is 1. The summed E-state index contributed by atoms with van der Waals surface area (Å²) in [5.74, 6) is 1.01. The van der Waals surface area contributed by atoms with Gasteiger partial charge in [-0.1, -0.05) is 19.1 Å². The molecule has 0 aliphatic carbocycles. The summed E-state index contributed by atoms with van der Waals surface area (Å²) < 4.78 is 0. The van der Waals surface area contributed by atoms with Gasteiger partial charge in [-0.2, -0.15) is 0 Å². The molecule has 1 N–H and O–H groups in total. The Balaban J connectivity index is 1.77. The molecule has 21 heavy (non-hydrogen) atoms. The highest BCUT2D eigenvalue weighted by Crippen LogP contribution is 2.17. The van der Waals surface area contributed by atoms with Crippen LogP contribution in [-0.2, 0) is 4.79 Å². The van der Waals surface area contributed by atoms with Crippen LogP contribution in [0.5, 0.6) is 0 Å². The third-order valence-corrected chi connectivity index (χ3v) is 4.07. The van der Waals surface area contributed by atoms with E-state index in [0.717, 1.165) is 37.5 Å². The van der Waals surface area contributed by atoms with Crippen molar-refractivity contribution in [3.63, 3.8) is 0 Å². The number of rotatable bonds is 5. The highest BCUT2D eigenvalue weighted by molar-refractivity contribution is 5.94. The molecule has 2 rings (SSSR count). The lowest BCUT2D eigenvalue weighted by molar-refractivity contribution is -0.132. The molecule has 4 nitrogen and oxygen atoms in total. The number of piperidine rings is 1. The second kappa shape index (κ2) is 7.25. The van der Waals surface area contributed by atoms with Crippen LogP contribution in [0, 0.1) is 5.92 Å². The standard InChI is InChI=1S/C17H24N2O2/c1-13-7-10-19(11-8-13)17(21)6-9-18-16-5-3-4-15(12-16)14(2)20/h3-5,12-13,18H,6-11H2,1-2H3. The summed E-state index contributed by atoms with van der Waals surface area (Å²) in [5.41, 5.74) is 1.58. The van der Waals surface area contributed by atoms with E-state index in [-0.39, 0.29) is 11.7 Å². The van der Waals surface area contributed by atoms with Crippen molar-refractivity contribution < 1.29 is 9.59 Å². The third kappa shape index (κ3) is 4.59. The van der Waals surface area contributed by atoms with Gasteiger partial charge in [0.1, 0.15) is 0 Å². The number of amides is 1. The number of likely N-dealkylation sites (tertiary alicyclic amines) is 1. The molecule has 114 valence electrons. The topological polar surface area (TPSA) is 49.4 Å². The second-order valence-electron chi connectivity index (χ2n) is 5.88. The summed E-state index contributed by atoms with van der Waals surface area (Å²) >= 11 is 0. The van der Waals surface area contributed by atoms with E-state index in [4.69, 9.17) is 0 Å². The van der Waals surface area contributed by atoms with Crippen molar-refractivity contribution in [1.29, 1.82) is 0 Å². The van der Waals surface area contributed by atoms with Crippen molar-refractivity contribution in [2.45, 2.75) is 33.1 Å². The lowest BCUT2D eigenvalue weighted by Gasteiger charge is -2.30. The largest absolute Gasteiger partial charge is 0.385 e. The first-order chi connectivity index (χ1) is 10.1. The first kappa shape index (κ1) is 15.5. The van der Waals surface area contributed by atoms with E-state index in [9.17, 15) is 9.59 Å². The van der Waals surface area contributed by atoms with Gasteiger partial charge in [-0.3, -0.25) is 9.59 Å². The molecule has 1 aromatic carbocycles. The van der Waals surface area contributed by atoms with Crippen LogP contribution in [0.15, 0.2) is 24.3 Å². The predicted molar refractivity (Wildman–Crippen MR) is 84.5 cm³/mol.